The second-order valence-electron chi connectivity index (χ2n) is 27.1. The van der Waals surface area contributed by atoms with Crippen LogP contribution in [0.3, 0.4) is 0 Å². The van der Waals surface area contributed by atoms with E-state index in [1.807, 2.05) is 36.5 Å². The molecule has 1 N–H and O–H groups in total. The SMILES string of the molecule is CC(=O)N(C=CC1=[N+](C)c2ccc3ccccc3c2C1(C)C)c1ccccc1.CC1=Nc2c(ccc3ccccc23)C1(C)C.C[N+]1=C(C=CC=C2Nc3c(ccc4ccccc34)C2(C)C)C(C)(C)c2c1ccc1ccccc21.O=S([O-])c1cccc2c(S(=O)(=O)[O-])cccc12.[O-][Cl+3]([O-])([O-])[O-]. The zero-order valence-corrected chi connectivity index (χ0v) is 60.0. The van der Waals surface area contributed by atoms with Crippen LogP contribution in [0.2, 0.25) is 0 Å². The van der Waals surface area contributed by atoms with E-state index >= 15 is 0 Å². The van der Waals surface area contributed by atoms with Crippen molar-refractivity contribution in [3.63, 3.8) is 0 Å². The molecule has 15 nitrogen and oxygen atoms in total. The molecular weight excluding hydrogens is 1310 g/mol. The maximum absolute atomic E-state index is 12.2. The Hall–Kier alpha value is -9.63. The van der Waals surface area contributed by atoms with E-state index < -0.39 is 36.3 Å². The molecule has 0 aliphatic carbocycles. The first-order valence-electron chi connectivity index (χ1n) is 32.5. The number of carbonyl (C=O) groups excluding carboxylic acids is 1. The van der Waals surface area contributed by atoms with E-state index in [2.05, 4.69) is 261 Å². The van der Waals surface area contributed by atoms with Crippen LogP contribution in [-0.4, -0.2) is 68.0 Å². The summed E-state index contributed by atoms with van der Waals surface area (Å²) in [6, 6.07) is 70.0. The van der Waals surface area contributed by atoms with Crippen LogP contribution < -0.4 is 28.9 Å². The first-order chi connectivity index (χ1) is 47.2. The van der Waals surface area contributed by atoms with Crippen molar-refractivity contribution in [1.29, 1.82) is 0 Å². The lowest BCUT2D eigenvalue weighted by Crippen LogP contribution is -2.68. The number of fused-ring (bicyclic) bond motifs is 13. The first kappa shape index (κ1) is 71.6. The maximum Gasteiger partial charge on any atom is 0.227 e. The van der Waals surface area contributed by atoms with E-state index in [4.69, 9.17) is 23.6 Å². The van der Waals surface area contributed by atoms with E-state index in [9.17, 15) is 26.5 Å². The highest BCUT2D eigenvalue weighted by molar-refractivity contribution is 7.86. The van der Waals surface area contributed by atoms with Crippen molar-refractivity contribution in [3.05, 3.63) is 271 Å². The summed E-state index contributed by atoms with van der Waals surface area (Å²) in [6.07, 6.45) is 10.7. The Labute approximate surface area is 588 Å². The maximum atomic E-state index is 12.2. The van der Waals surface area contributed by atoms with Crippen LogP contribution in [0.15, 0.2) is 263 Å². The monoisotopic (exact) mass is 1390 g/mol. The molecule has 0 bridgehead atoms. The molecule has 0 saturated carbocycles. The number of hydrogen-bond donors (Lipinski definition) is 1. The Kier molecular flexibility index (Phi) is 19.9. The largest absolute Gasteiger partial charge is 0.768 e. The molecule has 4 aliphatic rings. The zero-order chi connectivity index (χ0) is 72.0. The van der Waals surface area contributed by atoms with Crippen molar-refractivity contribution in [2.75, 3.05) is 24.3 Å². The number of allylic oxidation sites excluding steroid dienone is 5. The van der Waals surface area contributed by atoms with Gasteiger partial charge in [0.2, 0.25) is 17.3 Å². The Morgan fingerprint density at radius 1 is 0.530 bits per heavy atom. The van der Waals surface area contributed by atoms with E-state index in [0.717, 1.165) is 11.8 Å². The van der Waals surface area contributed by atoms with E-state index in [1.165, 1.54) is 141 Å². The number of para-hydroxylation sites is 1. The number of nitrogens with one attached hydrogen (secondary N) is 1. The molecule has 18 heteroatoms. The fourth-order valence-corrected chi connectivity index (χ4v) is 15.6. The van der Waals surface area contributed by atoms with Gasteiger partial charge in [-0.15, -0.1) is 10.2 Å². The lowest BCUT2D eigenvalue weighted by molar-refractivity contribution is -2.00. The van der Waals surface area contributed by atoms with Crippen LogP contribution in [0.1, 0.15) is 91.5 Å². The van der Waals surface area contributed by atoms with Gasteiger partial charge in [-0.05, 0) is 137 Å². The molecule has 0 spiro atoms. The number of amides is 1. The van der Waals surface area contributed by atoms with Gasteiger partial charge in [0.05, 0.1) is 27.1 Å². The van der Waals surface area contributed by atoms with Gasteiger partial charge in [-0.1, -0.05) is 198 Å². The predicted molar refractivity (Wildman–Crippen MR) is 391 cm³/mol. The summed E-state index contributed by atoms with van der Waals surface area (Å²) in [5, 5.41) is 14.4. The summed E-state index contributed by atoms with van der Waals surface area (Å²) in [5.41, 5.74) is 16.0. The molecule has 0 radical (unpaired) electrons. The first-order valence-corrected chi connectivity index (χ1v) is 36.2. The topological polar surface area (TPSA) is 240 Å². The minimum atomic E-state index is -4.94. The number of rotatable bonds is 7. The predicted octanol–water partition coefficient (Wildman–Crippen LogP) is 13.7. The second kappa shape index (κ2) is 27.8. The summed E-state index contributed by atoms with van der Waals surface area (Å²) in [7, 11) is -5.28. The molecule has 11 aromatic carbocycles. The molecule has 1 amide bonds. The van der Waals surface area contributed by atoms with Crippen molar-refractivity contribution in [2.45, 2.75) is 101 Å². The third kappa shape index (κ3) is 14.0. The summed E-state index contributed by atoms with van der Waals surface area (Å²) < 4.78 is 93.5. The quantitative estimate of drug-likeness (QED) is 0.0894. The number of carbonyl (C=O) groups is 1. The Morgan fingerprint density at radius 3 is 1.50 bits per heavy atom. The highest BCUT2D eigenvalue weighted by Gasteiger charge is 2.46. The van der Waals surface area contributed by atoms with E-state index in [0.29, 0.717) is 0 Å². The Morgan fingerprint density at radius 2 is 0.970 bits per heavy atom. The number of aliphatic imine (C=N–C) groups is 1. The average Bonchev–Trinajstić information content (AvgIpc) is 1.59. The van der Waals surface area contributed by atoms with Gasteiger partial charge in [-0.25, -0.2) is 27.1 Å². The molecule has 100 heavy (non-hydrogen) atoms. The summed E-state index contributed by atoms with van der Waals surface area (Å²) in [4.78, 5) is 18.2. The second-order valence-corrected chi connectivity index (χ2v) is 30.1. The molecule has 1 unspecified atom stereocenters. The van der Waals surface area contributed by atoms with Gasteiger partial charge in [0.15, 0.2) is 11.4 Å². The average molecular weight is 1390 g/mol. The van der Waals surface area contributed by atoms with Gasteiger partial charge in [0, 0.05) is 97.5 Å². The lowest BCUT2D eigenvalue weighted by atomic mass is 9.79. The van der Waals surface area contributed by atoms with Crippen LogP contribution in [0.4, 0.5) is 28.4 Å². The minimum absolute atomic E-state index is 0.00975. The molecule has 11 aromatic rings. The van der Waals surface area contributed by atoms with Crippen LogP contribution in [0.25, 0.3) is 53.9 Å². The molecule has 510 valence electrons. The number of benzene rings is 11. The molecule has 15 rings (SSSR count). The van der Waals surface area contributed by atoms with Gasteiger partial charge in [-0.2, -0.15) is 9.15 Å². The van der Waals surface area contributed by atoms with E-state index in [1.54, 1.807) is 11.8 Å². The minimum Gasteiger partial charge on any atom is -0.768 e. The summed E-state index contributed by atoms with van der Waals surface area (Å²) >= 11 is -2.49. The normalized spacial score (nSPS) is 16.5. The van der Waals surface area contributed by atoms with Crippen LogP contribution in [-0.2, 0) is 47.7 Å². The molecular formula is C82H77ClN5O10S2-. The van der Waals surface area contributed by atoms with E-state index in [-0.39, 0.29) is 43.2 Å². The number of hydrogen-bond acceptors (Lipinski definition) is 12. The molecule has 0 saturated heterocycles. The lowest BCUT2D eigenvalue weighted by Gasteiger charge is -2.20. The Balaban J connectivity index is 0.000000137. The number of anilines is 2. The molecule has 4 aliphatic heterocycles. The van der Waals surface area contributed by atoms with Crippen molar-refractivity contribution in [1.82, 2.24) is 0 Å². The standard InChI is InChI=1S/C32H30N2.C25H25N2O.C15H15N.C10H8O5S2.ClHO4/c1-31(2)25-19-17-22-12-7-9-14-24(22)30(25)33-27(31)15-10-16-28-32(3,4)29-23-13-8-6-11-21(23)18-20-26(29)34(28)5;1-18(28)27(20-11-6-5-7-12-20)17-16-23-25(2,3)24-21-13-9-8-10-19(21)14-15-22(24)26(23)4;1-10-15(2,3)13-9-8-11-6-4-5-7-12(11)14(13)16-10;11-16(12)9-5-1-4-8-7(9)3-2-6-10(8)17(13,14)15;2-1(3,4)5/h6-20H,1-5H3;5-17H,1-4H3;4-9H,1-3H3;1-6H,(H,11,12)(H,13,14,15);(H,2,3,4,5)/q;+1;;;/p-2. The van der Waals surface area contributed by atoms with Crippen LogP contribution >= 0.6 is 0 Å². The number of halogens is 1. The Bertz CT molecular complexity index is 5430. The third-order valence-corrected chi connectivity index (χ3v) is 21.3. The van der Waals surface area contributed by atoms with Crippen molar-refractivity contribution < 1.29 is 64.6 Å². The molecule has 0 fully saturated rings. The van der Waals surface area contributed by atoms with Gasteiger partial charge in [0.1, 0.15) is 24.2 Å². The number of nitrogens with zero attached hydrogens (tertiary/aromatic N) is 4. The van der Waals surface area contributed by atoms with Crippen molar-refractivity contribution >= 4 is 127 Å². The zero-order valence-electron chi connectivity index (χ0n) is 57.7. The molecule has 1 atom stereocenters. The van der Waals surface area contributed by atoms with Crippen LogP contribution in [0.5, 0.6) is 0 Å². The van der Waals surface area contributed by atoms with Crippen molar-refractivity contribution in [2.24, 2.45) is 4.99 Å². The van der Waals surface area contributed by atoms with Gasteiger partial charge in [-0.3, -0.25) is 18.9 Å². The van der Waals surface area contributed by atoms with Gasteiger partial charge in [0.25, 0.3) is 0 Å². The molecule has 0 aromatic heterocycles. The van der Waals surface area contributed by atoms with Gasteiger partial charge < -0.3 is 14.4 Å². The summed E-state index contributed by atoms with van der Waals surface area (Å²) in [6.45, 7) is 22.0. The third-order valence-electron chi connectivity index (χ3n) is 19.6. The highest BCUT2D eigenvalue weighted by atomic mass is 35.7. The fourth-order valence-electron chi connectivity index (χ4n) is 14.3. The van der Waals surface area contributed by atoms with Crippen molar-refractivity contribution in [3.8, 4) is 0 Å². The smallest absolute Gasteiger partial charge is 0.227 e. The molecule has 4 heterocycles. The van der Waals surface area contributed by atoms with Crippen LogP contribution in [0, 0.1) is 10.2 Å². The fraction of sp³-hybridized carbons (Fsp3) is 0.195. The summed E-state index contributed by atoms with van der Waals surface area (Å²) in [5.74, 6) is -0.00975. The van der Waals surface area contributed by atoms with Gasteiger partial charge >= 0.3 is 0 Å². The highest BCUT2D eigenvalue weighted by Crippen LogP contribution is 2.49.